The molecule has 0 aliphatic rings. The molecule has 0 aromatic heterocycles. The Balaban J connectivity index is 2.62. The number of rotatable bonds is 3. The molecule has 2 aromatic rings. The molecule has 7 nitrogen and oxygen atoms in total. The predicted molar refractivity (Wildman–Crippen MR) is 74.2 cm³/mol. The fourth-order valence-electron chi connectivity index (χ4n) is 1.79. The minimum atomic E-state index is -4.61. The molecule has 104 valence electrons. The molecule has 0 aliphatic carbocycles. The Bertz CT molecular complexity index is 905. The van der Waals surface area contributed by atoms with Crippen LogP contribution in [0.15, 0.2) is 46.4 Å². The molecule has 21 heavy (non-hydrogen) atoms. The van der Waals surface area contributed by atoms with Crippen LogP contribution in [0.4, 0.5) is 5.69 Å². The molecule has 2 rings (SSSR count). The van der Waals surface area contributed by atoms with Gasteiger partial charge in [-0.15, -0.1) is 0 Å². The number of fused-ring (bicyclic) bond motifs is 1. The minimum Gasteiger partial charge on any atom is -0.744 e. The van der Waals surface area contributed by atoms with E-state index in [1.54, 1.807) is 24.3 Å². The summed E-state index contributed by atoms with van der Waals surface area (Å²) in [6.07, 6.45) is 0. The lowest BCUT2D eigenvalue weighted by Crippen LogP contribution is -2.01. The average molecular weight is 299 g/mol. The van der Waals surface area contributed by atoms with Crippen molar-refractivity contribution in [2.75, 3.05) is 5.43 Å². The maximum Gasteiger partial charge on any atom is 0.237 e. The third-order valence-electron chi connectivity index (χ3n) is 2.65. The first-order chi connectivity index (χ1) is 9.97. The Morgan fingerprint density at radius 2 is 1.71 bits per heavy atom. The van der Waals surface area contributed by atoms with E-state index in [2.05, 4.69) is 10.5 Å². The number of hydrogen-bond donors (Lipinski definition) is 1. The summed E-state index contributed by atoms with van der Waals surface area (Å²) < 4.78 is 33.7. The highest BCUT2D eigenvalue weighted by Gasteiger charge is 2.09. The largest absolute Gasteiger partial charge is 0.744 e. The summed E-state index contributed by atoms with van der Waals surface area (Å²) in [6, 6.07) is 12.0. The summed E-state index contributed by atoms with van der Waals surface area (Å²) in [4.78, 5) is -0.339. The highest BCUT2D eigenvalue weighted by molar-refractivity contribution is 7.86. The van der Waals surface area contributed by atoms with Crippen molar-refractivity contribution in [2.45, 2.75) is 4.90 Å². The molecule has 0 saturated heterocycles. The van der Waals surface area contributed by atoms with Crippen molar-refractivity contribution in [1.29, 1.82) is 10.5 Å². The van der Waals surface area contributed by atoms with Crippen molar-refractivity contribution in [1.82, 2.24) is 0 Å². The Hall–Kier alpha value is -2.94. The van der Waals surface area contributed by atoms with E-state index >= 15 is 0 Å². The van der Waals surface area contributed by atoms with Gasteiger partial charge in [-0.25, -0.2) is 8.42 Å². The normalized spacial score (nSPS) is 10.4. The lowest BCUT2D eigenvalue weighted by Gasteiger charge is -2.12. The van der Waals surface area contributed by atoms with Gasteiger partial charge >= 0.3 is 0 Å². The molecule has 0 bridgehead atoms. The molecule has 0 radical (unpaired) electrons. The van der Waals surface area contributed by atoms with Crippen molar-refractivity contribution in [3.05, 3.63) is 36.4 Å². The number of nitrogens with zero attached hydrogens (tertiary/aromatic N) is 3. The van der Waals surface area contributed by atoms with Crippen molar-refractivity contribution in [3.63, 3.8) is 0 Å². The maximum atomic E-state index is 11.2. The van der Waals surface area contributed by atoms with Gasteiger partial charge in [-0.1, -0.05) is 24.3 Å². The molecule has 8 heteroatoms. The van der Waals surface area contributed by atoms with Gasteiger partial charge in [-0.2, -0.15) is 15.6 Å². The van der Waals surface area contributed by atoms with E-state index in [0.717, 1.165) is 0 Å². The number of benzene rings is 2. The molecule has 0 aliphatic heterocycles. The highest BCUT2D eigenvalue weighted by atomic mass is 32.2. The van der Waals surface area contributed by atoms with E-state index in [1.807, 2.05) is 0 Å². The van der Waals surface area contributed by atoms with E-state index < -0.39 is 10.1 Å². The van der Waals surface area contributed by atoms with Gasteiger partial charge in [0.05, 0.1) is 10.6 Å². The Kier molecular flexibility index (Phi) is 3.85. The fraction of sp³-hybridized carbons (Fsp3) is 0. The third kappa shape index (κ3) is 2.98. The SMILES string of the molecule is N#CC(C#N)=NNc1cccc2c(S(=O)(=O)[O-])cccc12. The first-order valence-corrected chi connectivity index (χ1v) is 6.99. The smallest absolute Gasteiger partial charge is 0.237 e. The predicted octanol–water partition coefficient (Wildman–Crippen LogP) is 1.56. The Morgan fingerprint density at radius 1 is 1.10 bits per heavy atom. The molecular weight excluding hydrogens is 292 g/mol. The zero-order chi connectivity index (χ0) is 15.5. The lowest BCUT2D eigenvalue weighted by molar-refractivity contribution is 0.464. The molecule has 0 atom stereocenters. The second-order valence-electron chi connectivity index (χ2n) is 3.91. The average Bonchev–Trinajstić information content (AvgIpc) is 2.46. The molecule has 0 amide bonds. The Morgan fingerprint density at radius 3 is 2.33 bits per heavy atom. The molecule has 2 aromatic carbocycles. The topological polar surface area (TPSA) is 129 Å². The van der Waals surface area contributed by atoms with Gasteiger partial charge in [0.1, 0.15) is 22.3 Å². The summed E-state index contributed by atoms with van der Waals surface area (Å²) >= 11 is 0. The molecule has 1 N–H and O–H groups in total. The van der Waals surface area contributed by atoms with Crippen molar-refractivity contribution < 1.29 is 13.0 Å². The van der Waals surface area contributed by atoms with E-state index in [4.69, 9.17) is 10.5 Å². The summed E-state index contributed by atoms with van der Waals surface area (Å²) in [6.45, 7) is 0. The van der Waals surface area contributed by atoms with Crippen LogP contribution in [0.25, 0.3) is 10.8 Å². The van der Waals surface area contributed by atoms with Crippen molar-refractivity contribution in [3.8, 4) is 12.1 Å². The molecule has 0 fully saturated rings. The van der Waals surface area contributed by atoms with Gasteiger partial charge in [-0.3, -0.25) is 5.43 Å². The van der Waals surface area contributed by atoms with Crippen LogP contribution >= 0.6 is 0 Å². The van der Waals surface area contributed by atoms with Crippen molar-refractivity contribution >= 4 is 32.3 Å². The number of hydrogen-bond acceptors (Lipinski definition) is 7. The molecule has 0 unspecified atom stereocenters. The number of hydrazone groups is 1. The molecule has 0 saturated carbocycles. The van der Waals surface area contributed by atoms with Crippen LogP contribution in [-0.4, -0.2) is 18.7 Å². The number of nitrogens with one attached hydrogen (secondary N) is 1. The number of anilines is 1. The second-order valence-corrected chi connectivity index (χ2v) is 5.25. The van der Waals surface area contributed by atoms with Crippen LogP contribution in [0.2, 0.25) is 0 Å². The van der Waals surface area contributed by atoms with Gasteiger partial charge in [0.15, 0.2) is 0 Å². The van der Waals surface area contributed by atoms with Crippen LogP contribution in [0.1, 0.15) is 0 Å². The van der Waals surface area contributed by atoms with Gasteiger partial charge in [0.2, 0.25) is 5.71 Å². The van der Waals surface area contributed by atoms with Crippen LogP contribution in [-0.2, 0) is 10.1 Å². The summed E-state index contributed by atoms with van der Waals surface area (Å²) in [7, 11) is -4.61. The number of nitriles is 2. The van der Waals surface area contributed by atoms with Gasteiger partial charge in [-0.05, 0) is 12.1 Å². The van der Waals surface area contributed by atoms with Crippen molar-refractivity contribution in [2.24, 2.45) is 5.10 Å². The van der Waals surface area contributed by atoms with Crippen LogP contribution in [0, 0.1) is 22.7 Å². The van der Waals surface area contributed by atoms with Gasteiger partial charge in [0, 0.05) is 10.8 Å². The standard InChI is InChI=1S/C13H8N4O3S/c14-7-9(8-15)16-17-12-5-1-4-11-10(12)3-2-6-13(11)21(18,19)20/h1-6,17H,(H,18,19,20)/p-1. The molecular formula is C13H7N4O3S-. The van der Waals surface area contributed by atoms with Crippen LogP contribution in [0.5, 0.6) is 0 Å². The minimum absolute atomic E-state index is 0.239. The zero-order valence-corrected chi connectivity index (χ0v) is 11.3. The first-order valence-electron chi connectivity index (χ1n) is 5.59. The van der Waals surface area contributed by atoms with Crippen LogP contribution in [0.3, 0.4) is 0 Å². The summed E-state index contributed by atoms with van der Waals surface area (Å²) in [5.74, 6) is 0. The zero-order valence-electron chi connectivity index (χ0n) is 10.4. The highest BCUT2D eigenvalue weighted by Crippen LogP contribution is 2.28. The summed E-state index contributed by atoms with van der Waals surface area (Å²) in [5, 5.41) is 21.5. The lowest BCUT2D eigenvalue weighted by atomic mass is 10.1. The fourth-order valence-corrected chi connectivity index (χ4v) is 2.48. The third-order valence-corrected chi connectivity index (χ3v) is 3.55. The Labute approximate surface area is 120 Å². The molecule has 0 spiro atoms. The first kappa shape index (κ1) is 14.5. The van der Waals surface area contributed by atoms with E-state index in [9.17, 15) is 13.0 Å². The van der Waals surface area contributed by atoms with E-state index in [-0.39, 0.29) is 16.0 Å². The quantitative estimate of drug-likeness (QED) is 0.520. The van der Waals surface area contributed by atoms with Gasteiger partial charge in [0.25, 0.3) is 0 Å². The maximum absolute atomic E-state index is 11.2. The van der Waals surface area contributed by atoms with E-state index in [1.165, 1.54) is 24.3 Å². The van der Waals surface area contributed by atoms with E-state index in [0.29, 0.717) is 11.1 Å². The molecule has 0 heterocycles. The second kappa shape index (κ2) is 5.59. The summed E-state index contributed by atoms with van der Waals surface area (Å²) in [5.41, 5.74) is 2.51. The van der Waals surface area contributed by atoms with Gasteiger partial charge < -0.3 is 4.55 Å². The monoisotopic (exact) mass is 299 g/mol. The van der Waals surface area contributed by atoms with Crippen LogP contribution < -0.4 is 5.43 Å².